The summed E-state index contributed by atoms with van der Waals surface area (Å²) in [6.07, 6.45) is 0. The van der Waals surface area contributed by atoms with Gasteiger partial charge in [0.05, 0.1) is 0 Å². The van der Waals surface area contributed by atoms with Crippen LogP contribution < -0.4 is 9.44 Å². The maximum absolute atomic E-state index is 10.9. The van der Waals surface area contributed by atoms with Gasteiger partial charge >= 0.3 is 5.97 Å². The summed E-state index contributed by atoms with van der Waals surface area (Å²) in [6, 6.07) is -1.12. The van der Waals surface area contributed by atoms with E-state index in [0.717, 1.165) is 0 Å². The average molecular weight is 196 g/mol. The van der Waals surface area contributed by atoms with Gasteiger partial charge in [-0.1, -0.05) is 6.92 Å². The van der Waals surface area contributed by atoms with Gasteiger partial charge in [0.1, 0.15) is 6.04 Å². The summed E-state index contributed by atoms with van der Waals surface area (Å²) >= 11 is 0. The Morgan fingerprint density at radius 2 is 2.08 bits per heavy atom. The summed E-state index contributed by atoms with van der Waals surface area (Å²) in [5.41, 5.74) is 0. The van der Waals surface area contributed by atoms with E-state index in [1.54, 1.807) is 6.92 Å². The molecular formula is C5H12N2O4S. The van der Waals surface area contributed by atoms with Crippen molar-refractivity contribution in [3.63, 3.8) is 0 Å². The van der Waals surface area contributed by atoms with Crippen LogP contribution in [-0.2, 0) is 15.0 Å². The molecule has 12 heavy (non-hydrogen) atoms. The second-order valence-corrected chi connectivity index (χ2v) is 3.71. The number of nitrogens with one attached hydrogen (secondary N) is 2. The zero-order valence-corrected chi connectivity index (χ0v) is 7.68. The van der Waals surface area contributed by atoms with E-state index in [9.17, 15) is 13.2 Å². The molecule has 0 bridgehead atoms. The predicted octanol–water partition coefficient (Wildman–Crippen LogP) is -1.10. The quantitative estimate of drug-likeness (QED) is 0.520. The molecular weight excluding hydrogens is 184 g/mol. The standard InChI is InChI=1S/C5H12N2O4S/c1-3-6-12(10,11)7-4(2)5(8)9/h4,6-7H,3H2,1-2H3,(H,8,9)/t4-/m1/s1. The highest BCUT2D eigenvalue weighted by Gasteiger charge is 2.17. The van der Waals surface area contributed by atoms with Gasteiger partial charge in [-0.15, -0.1) is 0 Å². The van der Waals surface area contributed by atoms with E-state index in [0.29, 0.717) is 0 Å². The lowest BCUT2D eigenvalue weighted by atomic mass is 10.4. The van der Waals surface area contributed by atoms with Crippen molar-refractivity contribution < 1.29 is 18.3 Å². The molecule has 0 aromatic heterocycles. The summed E-state index contributed by atoms with van der Waals surface area (Å²) in [7, 11) is -3.66. The van der Waals surface area contributed by atoms with Crippen LogP contribution in [0.5, 0.6) is 0 Å². The van der Waals surface area contributed by atoms with Crippen molar-refractivity contribution in [1.29, 1.82) is 0 Å². The largest absolute Gasteiger partial charge is 0.480 e. The number of carboxylic acids is 1. The van der Waals surface area contributed by atoms with Crippen LogP contribution in [0.15, 0.2) is 0 Å². The Bertz CT molecular complexity index is 248. The van der Waals surface area contributed by atoms with Crippen LogP contribution in [-0.4, -0.2) is 32.1 Å². The maximum atomic E-state index is 10.9. The zero-order chi connectivity index (χ0) is 9.78. The molecule has 0 aromatic rings. The average Bonchev–Trinajstić information content (AvgIpc) is 1.85. The predicted molar refractivity (Wildman–Crippen MR) is 42.8 cm³/mol. The number of hydrogen-bond donors (Lipinski definition) is 3. The van der Waals surface area contributed by atoms with E-state index in [-0.39, 0.29) is 6.54 Å². The molecule has 0 fully saturated rings. The Morgan fingerprint density at radius 1 is 1.58 bits per heavy atom. The van der Waals surface area contributed by atoms with Gasteiger partial charge in [0.2, 0.25) is 0 Å². The Labute approximate surface area is 71.2 Å². The normalized spacial score (nSPS) is 14.2. The minimum absolute atomic E-state index is 0.224. The number of aliphatic carboxylic acids is 1. The van der Waals surface area contributed by atoms with E-state index in [1.807, 2.05) is 4.72 Å². The van der Waals surface area contributed by atoms with Gasteiger partial charge in [-0.25, -0.2) is 4.72 Å². The molecule has 0 saturated carbocycles. The fourth-order valence-corrected chi connectivity index (χ4v) is 1.54. The molecule has 0 amide bonds. The van der Waals surface area contributed by atoms with E-state index in [4.69, 9.17) is 5.11 Å². The number of hydrogen-bond acceptors (Lipinski definition) is 3. The summed E-state index contributed by atoms with van der Waals surface area (Å²) < 4.78 is 25.7. The smallest absolute Gasteiger partial charge is 0.321 e. The van der Waals surface area contributed by atoms with Crippen molar-refractivity contribution in [3.8, 4) is 0 Å². The zero-order valence-electron chi connectivity index (χ0n) is 6.86. The molecule has 0 saturated heterocycles. The Kier molecular flexibility index (Phi) is 4.15. The van der Waals surface area contributed by atoms with Crippen molar-refractivity contribution in [3.05, 3.63) is 0 Å². The van der Waals surface area contributed by atoms with E-state index >= 15 is 0 Å². The summed E-state index contributed by atoms with van der Waals surface area (Å²) in [5.74, 6) is -1.21. The molecule has 0 spiro atoms. The van der Waals surface area contributed by atoms with Gasteiger partial charge < -0.3 is 5.11 Å². The Balaban J connectivity index is 4.16. The molecule has 0 rings (SSSR count). The van der Waals surface area contributed by atoms with Crippen LogP contribution >= 0.6 is 0 Å². The van der Waals surface area contributed by atoms with Crippen LogP contribution in [0.1, 0.15) is 13.8 Å². The first kappa shape index (κ1) is 11.3. The highest BCUT2D eigenvalue weighted by atomic mass is 32.2. The lowest BCUT2D eigenvalue weighted by Gasteiger charge is -2.09. The Morgan fingerprint density at radius 3 is 2.42 bits per heavy atom. The second-order valence-electron chi connectivity index (χ2n) is 2.18. The van der Waals surface area contributed by atoms with E-state index < -0.39 is 22.2 Å². The molecule has 0 aliphatic heterocycles. The molecule has 0 heterocycles. The van der Waals surface area contributed by atoms with Crippen molar-refractivity contribution in [2.24, 2.45) is 0 Å². The van der Waals surface area contributed by atoms with Crippen LogP contribution in [0, 0.1) is 0 Å². The van der Waals surface area contributed by atoms with Gasteiger partial charge in [0.15, 0.2) is 0 Å². The molecule has 0 aromatic carbocycles. The molecule has 1 atom stereocenters. The third-order valence-corrected chi connectivity index (χ3v) is 2.37. The minimum atomic E-state index is -3.66. The number of carbonyl (C=O) groups is 1. The highest BCUT2D eigenvalue weighted by Crippen LogP contribution is 1.84. The number of rotatable bonds is 5. The highest BCUT2D eigenvalue weighted by molar-refractivity contribution is 7.87. The molecule has 0 radical (unpaired) electrons. The first-order valence-corrected chi connectivity index (χ1v) is 4.87. The maximum Gasteiger partial charge on any atom is 0.321 e. The van der Waals surface area contributed by atoms with E-state index in [2.05, 4.69) is 4.72 Å². The van der Waals surface area contributed by atoms with Crippen LogP contribution in [0.25, 0.3) is 0 Å². The third kappa shape index (κ3) is 4.27. The van der Waals surface area contributed by atoms with Gasteiger partial charge in [0.25, 0.3) is 10.2 Å². The SMILES string of the molecule is CCNS(=O)(=O)N[C@H](C)C(=O)O. The lowest BCUT2D eigenvalue weighted by molar-refractivity contribution is -0.138. The monoisotopic (exact) mass is 196 g/mol. The van der Waals surface area contributed by atoms with Crippen LogP contribution in [0.4, 0.5) is 0 Å². The molecule has 3 N–H and O–H groups in total. The van der Waals surface area contributed by atoms with Crippen molar-refractivity contribution >= 4 is 16.2 Å². The molecule has 72 valence electrons. The fourth-order valence-electron chi connectivity index (χ4n) is 0.515. The molecule has 0 aliphatic carbocycles. The number of carboxylic acid groups (broad SMARTS) is 1. The van der Waals surface area contributed by atoms with Gasteiger partial charge in [0, 0.05) is 6.54 Å². The molecule has 7 heteroatoms. The van der Waals surface area contributed by atoms with Crippen molar-refractivity contribution in [2.75, 3.05) is 6.54 Å². The first-order valence-electron chi connectivity index (χ1n) is 3.38. The Hall–Kier alpha value is -0.660. The van der Waals surface area contributed by atoms with Crippen LogP contribution in [0.2, 0.25) is 0 Å². The van der Waals surface area contributed by atoms with Crippen molar-refractivity contribution in [1.82, 2.24) is 9.44 Å². The lowest BCUT2D eigenvalue weighted by Crippen LogP contribution is -2.44. The second kappa shape index (κ2) is 4.39. The van der Waals surface area contributed by atoms with Crippen molar-refractivity contribution in [2.45, 2.75) is 19.9 Å². The molecule has 0 unspecified atom stereocenters. The van der Waals surface area contributed by atoms with Crippen LogP contribution in [0.3, 0.4) is 0 Å². The van der Waals surface area contributed by atoms with Gasteiger partial charge in [-0.2, -0.15) is 13.1 Å². The summed E-state index contributed by atoms with van der Waals surface area (Å²) in [4.78, 5) is 10.2. The summed E-state index contributed by atoms with van der Waals surface area (Å²) in [5, 5.41) is 8.36. The van der Waals surface area contributed by atoms with Gasteiger partial charge in [-0.05, 0) is 6.92 Å². The van der Waals surface area contributed by atoms with Gasteiger partial charge in [-0.3, -0.25) is 4.79 Å². The first-order chi connectivity index (χ1) is 5.39. The summed E-state index contributed by atoms with van der Waals surface area (Å²) in [6.45, 7) is 3.07. The fraction of sp³-hybridized carbons (Fsp3) is 0.800. The van der Waals surface area contributed by atoms with E-state index in [1.165, 1.54) is 6.92 Å². The topological polar surface area (TPSA) is 95.5 Å². The third-order valence-electron chi connectivity index (χ3n) is 1.04. The molecule has 0 aliphatic rings. The minimum Gasteiger partial charge on any atom is -0.480 e. The molecule has 6 nitrogen and oxygen atoms in total.